The molecular weight excluding hydrogens is 328 g/mol. The fraction of sp³-hybridized carbons (Fsp3) is 0.250. The molecule has 0 amide bonds. The van der Waals surface area contributed by atoms with Crippen LogP contribution in [0.15, 0.2) is 58.1 Å². The second-order valence-electron chi connectivity index (χ2n) is 6.89. The minimum absolute atomic E-state index is 0.194. The van der Waals surface area contributed by atoms with E-state index in [-0.39, 0.29) is 12.2 Å². The van der Waals surface area contributed by atoms with Crippen LogP contribution in [0.1, 0.15) is 35.9 Å². The highest BCUT2D eigenvalue weighted by Crippen LogP contribution is 2.39. The summed E-state index contributed by atoms with van der Waals surface area (Å²) in [5.41, 5.74) is 4.65. The van der Waals surface area contributed by atoms with Crippen molar-refractivity contribution in [1.29, 1.82) is 0 Å². The zero-order valence-corrected chi connectivity index (χ0v) is 14.4. The van der Waals surface area contributed by atoms with Crippen LogP contribution < -0.4 is 5.69 Å². The summed E-state index contributed by atoms with van der Waals surface area (Å²) in [6.45, 7) is 2.30. The molecule has 1 aliphatic rings. The van der Waals surface area contributed by atoms with Crippen LogP contribution >= 0.6 is 0 Å². The van der Waals surface area contributed by atoms with Crippen LogP contribution in [0.5, 0.6) is 0 Å². The van der Waals surface area contributed by atoms with E-state index in [0.717, 1.165) is 16.8 Å². The number of benzene rings is 1. The lowest BCUT2D eigenvalue weighted by Gasteiger charge is -2.02. The van der Waals surface area contributed by atoms with Crippen molar-refractivity contribution in [2.24, 2.45) is 0 Å². The number of hydrogen-bond donors (Lipinski definition) is 0. The van der Waals surface area contributed by atoms with Gasteiger partial charge in [-0.1, -0.05) is 29.8 Å². The maximum absolute atomic E-state index is 12.7. The fourth-order valence-corrected chi connectivity index (χ4v) is 3.13. The number of pyridine rings is 1. The summed E-state index contributed by atoms with van der Waals surface area (Å²) in [6.07, 6.45) is 5.87. The molecular formula is C20H18N4O2. The molecule has 6 heteroatoms. The Balaban J connectivity index is 1.49. The molecule has 0 bridgehead atoms. The highest BCUT2D eigenvalue weighted by atomic mass is 16.3. The molecule has 5 rings (SSSR count). The van der Waals surface area contributed by atoms with Crippen molar-refractivity contribution in [2.45, 2.75) is 32.2 Å². The first-order chi connectivity index (χ1) is 12.7. The van der Waals surface area contributed by atoms with Gasteiger partial charge in [-0.25, -0.2) is 18.9 Å². The molecule has 0 unspecified atom stereocenters. The molecule has 1 saturated carbocycles. The average Bonchev–Trinajstić information content (AvgIpc) is 3.33. The van der Waals surface area contributed by atoms with Crippen molar-refractivity contribution in [2.75, 3.05) is 0 Å². The summed E-state index contributed by atoms with van der Waals surface area (Å²) in [5.74, 6) is 1.05. The van der Waals surface area contributed by atoms with Gasteiger partial charge in [0.2, 0.25) is 5.89 Å². The number of nitrogens with zero attached hydrogens (tertiary/aromatic N) is 4. The molecule has 26 heavy (non-hydrogen) atoms. The van der Waals surface area contributed by atoms with Gasteiger partial charge < -0.3 is 4.42 Å². The Labute approximate surface area is 149 Å². The Kier molecular flexibility index (Phi) is 3.31. The Hall–Kier alpha value is -3.15. The summed E-state index contributed by atoms with van der Waals surface area (Å²) in [7, 11) is 0. The van der Waals surface area contributed by atoms with E-state index in [2.05, 4.69) is 41.3 Å². The third-order valence-corrected chi connectivity index (χ3v) is 4.81. The SMILES string of the molecule is Cc1ccc(-c2ccc3nn(Cc4nc(C5CC5)co4)c(=O)n3c2)cc1. The smallest absolute Gasteiger partial charge is 0.350 e. The molecule has 0 radical (unpaired) electrons. The molecule has 0 spiro atoms. The molecule has 1 aromatic carbocycles. The molecule has 3 aromatic heterocycles. The van der Waals surface area contributed by atoms with Gasteiger partial charge in [0.05, 0.1) is 5.69 Å². The standard InChI is InChI=1S/C20H18N4O2/c1-13-2-4-14(5-3-13)16-8-9-18-22-24(20(25)23(18)10-16)11-19-21-17(12-26-19)15-6-7-15/h2-5,8-10,12,15H,6-7,11H2,1H3. The minimum Gasteiger partial charge on any atom is -0.447 e. The van der Waals surface area contributed by atoms with Crippen molar-refractivity contribution in [1.82, 2.24) is 19.2 Å². The van der Waals surface area contributed by atoms with Gasteiger partial charge in [-0.3, -0.25) is 0 Å². The Morgan fingerprint density at radius 1 is 1.12 bits per heavy atom. The normalized spacial score (nSPS) is 14.2. The van der Waals surface area contributed by atoms with Gasteiger partial charge in [0.15, 0.2) is 5.65 Å². The van der Waals surface area contributed by atoms with Crippen LogP contribution in [0.2, 0.25) is 0 Å². The molecule has 0 aliphatic heterocycles. The molecule has 0 saturated heterocycles. The van der Waals surface area contributed by atoms with E-state index in [4.69, 9.17) is 4.42 Å². The van der Waals surface area contributed by atoms with Crippen LogP contribution in [-0.4, -0.2) is 19.2 Å². The molecule has 130 valence electrons. The van der Waals surface area contributed by atoms with Gasteiger partial charge in [-0.2, -0.15) is 0 Å². The van der Waals surface area contributed by atoms with Crippen molar-refractivity contribution >= 4 is 5.65 Å². The Morgan fingerprint density at radius 2 is 1.88 bits per heavy atom. The van der Waals surface area contributed by atoms with Crippen molar-refractivity contribution < 1.29 is 4.42 Å². The second kappa shape index (κ2) is 5.69. The topological polar surface area (TPSA) is 65.3 Å². The molecule has 3 heterocycles. The largest absolute Gasteiger partial charge is 0.447 e. The summed E-state index contributed by atoms with van der Waals surface area (Å²) < 4.78 is 8.47. The van der Waals surface area contributed by atoms with E-state index in [1.807, 2.05) is 18.3 Å². The van der Waals surface area contributed by atoms with Crippen molar-refractivity contribution in [3.05, 3.63) is 76.5 Å². The van der Waals surface area contributed by atoms with Crippen LogP contribution in [0.4, 0.5) is 0 Å². The monoisotopic (exact) mass is 346 g/mol. The number of fused-ring (bicyclic) bond motifs is 1. The number of hydrogen-bond acceptors (Lipinski definition) is 4. The molecule has 1 aliphatic carbocycles. The average molecular weight is 346 g/mol. The Morgan fingerprint density at radius 3 is 2.65 bits per heavy atom. The first kappa shape index (κ1) is 15.1. The van der Waals surface area contributed by atoms with Gasteiger partial charge in [-0.15, -0.1) is 5.10 Å². The highest BCUT2D eigenvalue weighted by Gasteiger charge is 2.27. The van der Waals surface area contributed by atoms with Gasteiger partial charge in [0, 0.05) is 12.1 Å². The van der Waals surface area contributed by atoms with E-state index in [1.165, 1.54) is 23.1 Å². The molecule has 0 N–H and O–H groups in total. The first-order valence-corrected chi connectivity index (χ1v) is 8.78. The zero-order valence-electron chi connectivity index (χ0n) is 14.4. The summed E-state index contributed by atoms with van der Waals surface area (Å²) in [6, 6.07) is 12.1. The minimum atomic E-state index is -0.194. The number of rotatable bonds is 4. The lowest BCUT2D eigenvalue weighted by Crippen LogP contribution is -2.21. The van der Waals surface area contributed by atoms with Crippen molar-refractivity contribution in [3.8, 4) is 11.1 Å². The van der Waals surface area contributed by atoms with Crippen LogP contribution in [0.3, 0.4) is 0 Å². The number of aromatic nitrogens is 4. The van der Waals surface area contributed by atoms with Crippen molar-refractivity contribution in [3.63, 3.8) is 0 Å². The maximum Gasteiger partial charge on any atom is 0.350 e. The van der Waals surface area contributed by atoms with Gasteiger partial charge in [0.1, 0.15) is 12.8 Å². The second-order valence-corrected chi connectivity index (χ2v) is 6.89. The van der Waals surface area contributed by atoms with E-state index in [0.29, 0.717) is 17.5 Å². The van der Waals surface area contributed by atoms with Gasteiger partial charge in [-0.05, 0) is 43.0 Å². The lowest BCUT2D eigenvalue weighted by molar-refractivity contribution is 0.460. The third-order valence-electron chi connectivity index (χ3n) is 4.81. The molecule has 0 atom stereocenters. The van der Waals surface area contributed by atoms with Crippen LogP contribution in [0.25, 0.3) is 16.8 Å². The Bertz CT molecular complexity index is 1150. The lowest BCUT2D eigenvalue weighted by atomic mass is 10.1. The predicted molar refractivity (Wildman–Crippen MR) is 97.2 cm³/mol. The summed E-state index contributed by atoms with van der Waals surface area (Å²) in [4.78, 5) is 17.2. The third kappa shape index (κ3) is 2.63. The first-order valence-electron chi connectivity index (χ1n) is 8.78. The summed E-state index contributed by atoms with van der Waals surface area (Å²) in [5, 5.41) is 4.39. The maximum atomic E-state index is 12.7. The van der Waals surface area contributed by atoms with Gasteiger partial charge in [0.25, 0.3) is 0 Å². The number of aryl methyl sites for hydroxylation is 1. The molecule has 1 fully saturated rings. The highest BCUT2D eigenvalue weighted by molar-refractivity contribution is 5.64. The van der Waals surface area contributed by atoms with E-state index in [1.54, 1.807) is 10.7 Å². The summed E-state index contributed by atoms with van der Waals surface area (Å²) >= 11 is 0. The quantitative estimate of drug-likeness (QED) is 0.568. The van der Waals surface area contributed by atoms with E-state index < -0.39 is 0 Å². The van der Waals surface area contributed by atoms with Gasteiger partial charge >= 0.3 is 5.69 Å². The van der Waals surface area contributed by atoms with Crippen LogP contribution in [-0.2, 0) is 6.54 Å². The van der Waals surface area contributed by atoms with E-state index in [9.17, 15) is 4.79 Å². The fourth-order valence-electron chi connectivity index (χ4n) is 3.13. The zero-order chi connectivity index (χ0) is 17.7. The molecule has 6 nitrogen and oxygen atoms in total. The number of oxazole rings is 1. The van der Waals surface area contributed by atoms with Crippen LogP contribution in [0, 0.1) is 6.92 Å². The molecule has 4 aromatic rings. The van der Waals surface area contributed by atoms with E-state index >= 15 is 0 Å². The predicted octanol–water partition coefficient (Wildman–Crippen LogP) is 3.39.